The lowest BCUT2D eigenvalue weighted by molar-refractivity contribution is -0.118. The molecule has 5 heteroatoms. The van der Waals surface area contributed by atoms with Gasteiger partial charge in [-0.3, -0.25) is 4.79 Å². The molecule has 1 atom stereocenters. The molecule has 0 fully saturated rings. The standard InChI is InChI=1S/C23H20FN3O/c1-16(23(28)26-19-12-6-5-11-18(19)24)27-21-14-8-7-13-20(21)25-22(27)15-17-9-3-2-4-10-17/h2-14,16H,15H2,1H3,(H,26,28). The number of carbonyl (C=O) groups is 1. The molecule has 4 nitrogen and oxygen atoms in total. The topological polar surface area (TPSA) is 46.9 Å². The summed E-state index contributed by atoms with van der Waals surface area (Å²) in [6.45, 7) is 1.80. The Morgan fingerprint density at radius 1 is 1.00 bits per heavy atom. The summed E-state index contributed by atoms with van der Waals surface area (Å²) in [4.78, 5) is 17.6. The highest BCUT2D eigenvalue weighted by Crippen LogP contribution is 2.24. The van der Waals surface area contributed by atoms with Crippen molar-refractivity contribution in [1.29, 1.82) is 0 Å². The van der Waals surface area contributed by atoms with E-state index < -0.39 is 11.9 Å². The van der Waals surface area contributed by atoms with Crippen molar-refractivity contribution in [1.82, 2.24) is 9.55 Å². The quantitative estimate of drug-likeness (QED) is 0.537. The van der Waals surface area contributed by atoms with Crippen LogP contribution in [-0.4, -0.2) is 15.5 Å². The molecular weight excluding hydrogens is 353 g/mol. The van der Waals surface area contributed by atoms with Gasteiger partial charge in [-0.2, -0.15) is 0 Å². The summed E-state index contributed by atoms with van der Waals surface area (Å²) in [7, 11) is 0. The molecule has 4 aromatic rings. The molecule has 0 aliphatic rings. The van der Waals surface area contributed by atoms with E-state index in [1.54, 1.807) is 25.1 Å². The Morgan fingerprint density at radius 3 is 2.46 bits per heavy atom. The first kappa shape index (κ1) is 17.9. The summed E-state index contributed by atoms with van der Waals surface area (Å²) in [5.74, 6) is 0.0502. The number of imidazole rings is 1. The highest BCUT2D eigenvalue weighted by Gasteiger charge is 2.22. The number of rotatable bonds is 5. The lowest BCUT2D eigenvalue weighted by Crippen LogP contribution is -2.25. The minimum absolute atomic E-state index is 0.174. The Hall–Kier alpha value is -3.47. The number of aromatic nitrogens is 2. The smallest absolute Gasteiger partial charge is 0.247 e. The van der Waals surface area contributed by atoms with Crippen molar-refractivity contribution >= 4 is 22.6 Å². The fraction of sp³-hybridized carbons (Fsp3) is 0.130. The summed E-state index contributed by atoms with van der Waals surface area (Å²) in [5.41, 5.74) is 3.00. The maximum absolute atomic E-state index is 13.9. The van der Waals surface area contributed by atoms with Gasteiger partial charge in [0.05, 0.1) is 16.7 Å². The normalized spacial score (nSPS) is 12.1. The molecule has 0 aliphatic heterocycles. The molecule has 28 heavy (non-hydrogen) atoms. The molecule has 0 saturated heterocycles. The average molecular weight is 373 g/mol. The second-order valence-corrected chi connectivity index (χ2v) is 6.69. The van der Waals surface area contributed by atoms with Gasteiger partial charge in [0.1, 0.15) is 17.7 Å². The minimum Gasteiger partial charge on any atom is -0.322 e. The molecule has 1 heterocycles. The summed E-state index contributed by atoms with van der Waals surface area (Å²) in [6.07, 6.45) is 0.604. The Morgan fingerprint density at radius 2 is 1.68 bits per heavy atom. The van der Waals surface area contributed by atoms with Crippen molar-refractivity contribution in [3.8, 4) is 0 Å². The van der Waals surface area contributed by atoms with E-state index in [1.807, 2.05) is 59.2 Å². The summed E-state index contributed by atoms with van der Waals surface area (Å²) < 4.78 is 15.9. The molecule has 0 spiro atoms. The molecule has 1 amide bonds. The number of hydrogen-bond donors (Lipinski definition) is 1. The van der Waals surface area contributed by atoms with E-state index in [0.717, 1.165) is 22.4 Å². The molecule has 0 aliphatic carbocycles. The Bertz CT molecular complexity index is 1120. The van der Waals surface area contributed by atoms with Crippen LogP contribution in [0.1, 0.15) is 24.4 Å². The van der Waals surface area contributed by atoms with Crippen molar-refractivity contribution in [2.24, 2.45) is 0 Å². The van der Waals surface area contributed by atoms with Crippen molar-refractivity contribution in [2.45, 2.75) is 19.4 Å². The molecule has 140 valence electrons. The SMILES string of the molecule is CC(C(=O)Nc1ccccc1F)n1c(Cc2ccccc2)nc2ccccc21. The molecule has 3 aromatic carbocycles. The van der Waals surface area contributed by atoms with Crippen LogP contribution in [0.5, 0.6) is 0 Å². The van der Waals surface area contributed by atoms with Gasteiger partial charge < -0.3 is 9.88 Å². The monoisotopic (exact) mass is 373 g/mol. The van der Waals surface area contributed by atoms with Crippen molar-refractivity contribution < 1.29 is 9.18 Å². The zero-order valence-electron chi connectivity index (χ0n) is 15.5. The van der Waals surface area contributed by atoms with E-state index in [4.69, 9.17) is 4.98 Å². The lowest BCUT2D eigenvalue weighted by Gasteiger charge is -2.18. The van der Waals surface area contributed by atoms with Crippen molar-refractivity contribution in [3.05, 3.63) is 96.1 Å². The van der Waals surface area contributed by atoms with Gasteiger partial charge in [0.15, 0.2) is 0 Å². The van der Waals surface area contributed by atoms with Gasteiger partial charge in [-0.25, -0.2) is 9.37 Å². The van der Waals surface area contributed by atoms with Crippen LogP contribution in [-0.2, 0) is 11.2 Å². The number of fused-ring (bicyclic) bond motifs is 1. The average Bonchev–Trinajstić information content (AvgIpc) is 3.07. The van der Waals surface area contributed by atoms with Gasteiger partial charge in [0, 0.05) is 6.42 Å². The fourth-order valence-electron chi connectivity index (χ4n) is 3.35. The first-order valence-electron chi connectivity index (χ1n) is 9.18. The highest BCUT2D eigenvalue weighted by molar-refractivity contribution is 5.94. The van der Waals surface area contributed by atoms with Crippen LogP contribution in [0.4, 0.5) is 10.1 Å². The van der Waals surface area contributed by atoms with Crippen LogP contribution in [0.2, 0.25) is 0 Å². The van der Waals surface area contributed by atoms with Gasteiger partial charge in [0.25, 0.3) is 0 Å². The molecule has 0 radical (unpaired) electrons. The Kier molecular flexibility index (Phi) is 4.89. The zero-order valence-corrected chi connectivity index (χ0v) is 15.5. The number of carbonyl (C=O) groups excluding carboxylic acids is 1. The third-order valence-corrected chi connectivity index (χ3v) is 4.77. The molecule has 1 aromatic heterocycles. The number of anilines is 1. The van der Waals surface area contributed by atoms with Gasteiger partial charge in [-0.1, -0.05) is 54.6 Å². The van der Waals surface area contributed by atoms with E-state index in [1.165, 1.54) is 6.07 Å². The molecule has 1 N–H and O–H groups in total. The van der Waals surface area contributed by atoms with Crippen LogP contribution >= 0.6 is 0 Å². The first-order chi connectivity index (χ1) is 13.6. The number of benzene rings is 3. The van der Waals surface area contributed by atoms with Gasteiger partial charge in [-0.15, -0.1) is 0 Å². The van der Waals surface area contributed by atoms with E-state index in [2.05, 4.69) is 5.32 Å². The van der Waals surface area contributed by atoms with Crippen LogP contribution in [0, 0.1) is 5.82 Å². The van der Waals surface area contributed by atoms with Crippen LogP contribution in [0.25, 0.3) is 11.0 Å². The number of amides is 1. The number of nitrogens with zero attached hydrogens (tertiary/aromatic N) is 2. The number of hydrogen-bond acceptors (Lipinski definition) is 2. The van der Waals surface area contributed by atoms with Crippen molar-refractivity contribution in [3.63, 3.8) is 0 Å². The van der Waals surface area contributed by atoms with Crippen LogP contribution in [0.15, 0.2) is 78.9 Å². The second kappa shape index (κ2) is 7.64. The number of nitrogens with one attached hydrogen (secondary N) is 1. The molecule has 0 bridgehead atoms. The number of halogens is 1. The molecule has 0 saturated carbocycles. The second-order valence-electron chi connectivity index (χ2n) is 6.69. The number of para-hydroxylation sites is 3. The van der Waals surface area contributed by atoms with Crippen LogP contribution in [0.3, 0.4) is 0 Å². The lowest BCUT2D eigenvalue weighted by atomic mass is 10.1. The minimum atomic E-state index is -0.550. The van der Waals surface area contributed by atoms with E-state index in [9.17, 15) is 9.18 Å². The zero-order chi connectivity index (χ0) is 19.5. The molecule has 1 unspecified atom stereocenters. The largest absolute Gasteiger partial charge is 0.322 e. The highest BCUT2D eigenvalue weighted by atomic mass is 19.1. The van der Waals surface area contributed by atoms with Gasteiger partial charge in [-0.05, 0) is 36.8 Å². The predicted molar refractivity (Wildman–Crippen MR) is 109 cm³/mol. The van der Waals surface area contributed by atoms with E-state index in [-0.39, 0.29) is 11.6 Å². The van der Waals surface area contributed by atoms with Gasteiger partial charge >= 0.3 is 0 Å². The molecular formula is C23H20FN3O. The fourth-order valence-corrected chi connectivity index (χ4v) is 3.35. The molecule has 4 rings (SSSR count). The Balaban J connectivity index is 1.70. The van der Waals surface area contributed by atoms with E-state index >= 15 is 0 Å². The third-order valence-electron chi connectivity index (χ3n) is 4.77. The first-order valence-corrected chi connectivity index (χ1v) is 9.18. The maximum Gasteiger partial charge on any atom is 0.247 e. The summed E-state index contributed by atoms with van der Waals surface area (Å²) in [6, 6.07) is 23.4. The summed E-state index contributed by atoms with van der Waals surface area (Å²) in [5, 5.41) is 2.69. The maximum atomic E-state index is 13.9. The predicted octanol–water partition coefficient (Wildman–Crippen LogP) is 4.97. The Labute approximate surface area is 162 Å². The van der Waals surface area contributed by atoms with Crippen molar-refractivity contribution in [2.75, 3.05) is 5.32 Å². The van der Waals surface area contributed by atoms with Gasteiger partial charge in [0.2, 0.25) is 5.91 Å². The third kappa shape index (κ3) is 3.51. The summed E-state index contributed by atoms with van der Waals surface area (Å²) >= 11 is 0. The van der Waals surface area contributed by atoms with Crippen LogP contribution < -0.4 is 5.32 Å². The van der Waals surface area contributed by atoms with E-state index in [0.29, 0.717) is 6.42 Å².